The molecule has 126 valence electrons. The van der Waals surface area contributed by atoms with Crippen LogP contribution in [0.4, 0.5) is 0 Å². The van der Waals surface area contributed by atoms with Gasteiger partial charge < -0.3 is 0 Å². The predicted molar refractivity (Wildman–Crippen MR) is 106 cm³/mol. The van der Waals surface area contributed by atoms with Crippen LogP contribution < -0.4 is 0 Å². The highest BCUT2D eigenvalue weighted by molar-refractivity contribution is 5.90. The monoisotopic (exact) mass is 328 g/mol. The highest BCUT2D eigenvalue weighted by Gasteiger charge is 2.28. The van der Waals surface area contributed by atoms with E-state index in [-0.39, 0.29) is 11.2 Å². The summed E-state index contributed by atoms with van der Waals surface area (Å²) in [4.78, 5) is 11.6. The van der Waals surface area contributed by atoms with Gasteiger partial charge in [-0.2, -0.15) is 0 Å². The molecule has 0 saturated carbocycles. The Balaban J connectivity index is 1.70. The number of carbonyl (C=O) groups is 1. The Labute approximate surface area is 150 Å². The molecule has 0 fully saturated rings. The highest BCUT2D eigenvalue weighted by atomic mass is 16.1. The standard InChI is InChI=1S/C24H24O/c25-23-15-19-24(20-16-23,17-7-13-21-9-3-1-4-10-21)18-8-14-22-11-5-2-6-12-22/h1-15,19H,16-18,20H2/b13-7+,14-8+. The van der Waals surface area contributed by atoms with Crippen LogP contribution in [0.25, 0.3) is 12.2 Å². The number of carbonyl (C=O) groups excluding carboxylic acids is 1. The van der Waals surface area contributed by atoms with Gasteiger partial charge in [-0.3, -0.25) is 4.79 Å². The quantitative estimate of drug-likeness (QED) is 0.626. The van der Waals surface area contributed by atoms with Crippen LogP contribution in [0, 0.1) is 5.41 Å². The van der Waals surface area contributed by atoms with Gasteiger partial charge in [0.1, 0.15) is 0 Å². The Bertz CT molecular complexity index is 715. The molecule has 0 aliphatic heterocycles. The molecule has 1 heteroatoms. The van der Waals surface area contributed by atoms with E-state index in [1.54, 1.807) is 6.08 Å². The van der Waals surface area contributed by atoms with Crippen LogP contribution in [-0.2, 0) is 4.79 Å². The minimum Gasteiger partial charge on any atom is -0.295 e. The number of rotatable bonds is 6. The average molecular weight is 328 g/mol. The second kappa shape index (κ2) is 8.43. The Hall–Kier alpha value is -2.67. The summed E-state index contributed by atoms with van der Waals surface area (Å²) in [6, 6.07) is 20.7. The summed E-state index contributed by atoms with van der Waals surface area (Å²) in [5.41, 5.74) is 2.48. The smallest absolute Gasteiger partial charge is 0.155 e. The first-order valence-corrected chi connectivity index (χ1v) is 8.91. The summed E-state index contributed by atoms with van der Waals surface area (Å²) >= 11 is 0. The summed E-state index contributed by atoms with van der Waals surface area (Å²) in [5, 5.41) is 0. The maximum absolute atomic E-state index is 11.6. The van der Waals surface area contributed by atoms with Crippen molar-refractivity contribution in [2.45, 2.75) is 25.7 Å². The molecule has 0 spiro atoms. The summed E-state index contributed by atoms with van der Waals surface area (Å²) in [7, 11) is 0. The lowest BCUT2D eigenvalue weighted by Gasteiger charge is -2.31. The fourth-order valence-electron chi connectivity index (χ4n) is 3.22. The average Bonchev–Trinajstić information content (AvgIpc) is 2.66. The van der Waals surface area contributed by atoms with Crippen LogP contribution >= 0.6 is 0 Å². The van der Waals surface area contributed by atoms with Gasteiger partial charge in [-0.1, -0.05) is 91.0 Å². The van der Waals surface area contributed by atoms with E-state index in [1.807, 2.05) is 12.1 Å². The number of ketones is 1. The molecule has 3 rings (SSSR count). The molecule has 0 radical (unpaired) electrons. The lowest BCUT2D eigenvalue weighted by Crippen LogP contribution is -2.22. The summed E-state index contributed by atoms with van der Waals surface area (Å²) in [6.45, 7) is 0. The largest absolute Gasteiger partial charge is 0.295 e. The minimum atomic E-state index is 0.0461. The highest BCUT2D eigenvalue weighted by Crippen LogP contribution is 2.38. The van der Waals surface area contributed by atoms with Gasteiger partial charge in [-0.05, 0) is 41.9 Å². The van der Waals surface area contributed by atoms with E-state index in [0.717, 1.165) is 19.3 Å². The molecule has 1 nitrogen and oxygen atoms in total. The molecule has 0 atom stereocenters. The first kappa shape index (κ1) is 17.2. The van der Waals surface area contributed by atoms with Crippen molar-refractivity contribution in [1.82, 2.24) is 0 Å². The van der Waals surface area contributed by atoms with Crippen LogP contribution in [0.2, 0.25) is 0 Å². The SMILES string of the molecule is O=C1C=CC(C/C=C/c2ccccc2)(C/C=C/c2ccccc2)CC1. The van der Waals surface area contributed by atoms with Crippen molar-refractivity contribution in [2.75, 3.05) is 0 Å². The Morgan fingerprint density at radius 1 is 0.800 bits per heavy atom. The minimum absolute atomic E-state index is 0.0461. The van der Waals surface area contributed by atoms with Crippen LogP contribution in [0.15, 0.2) is 85.0 Å². The van der Waals surface area contributed by atoms with E-state index in [0.29, 0.717) is 6.42 Å². The Morgan fingerprint density at radius 3 is 1.76 bits per heavy atom. The number of allylic oxidation sites excluding steroid dienone is 4. The zero-order valence-electron chi connectivity index (χ0n) is 14.5. The molecule has 0 aromatic heterocycles. The maximum atomic E-state index is 11.6. The van der Waals surface area contributed by atoms with Gasteiger partial charge >= 0.3 is 0 Å². The normalized spacial score (nSPS) is 16.7. The van der Waals surface area contributed by atoms with Gasteiger partial charge in [-0.15, -0.1) is 0 Å². The molecule has 0 N–H and O–H groups in total. The van der Waals surface area contributed by atoms with Crippen molar-refractivity contribution in [3.8, 4) is 0 Å². The summed E-state index contributed by atoms with van der Waals surface area (Å²) < 4.78 is 0. The predicted octanol–water partition coefficient (Wildman–Crippen LogP) is 6.10. The lowest BCUT2D eigenvalue weighted by molar-refractivity contribution is -0.115. The number of hydrogen-bond donors (Lipinski definition) is 0. The van der Waals surface area contributed by atoms with E-state index in [1.165, 1.54) is 11.1 Å². The van der Waals surface area contributed by atoms with Gasteiger partial charge in [0, 0.05) is 6.42 Å². The van der Waals surface area contributed by atoms with E-state index in [2.05, 4.69) is 78.9 Å². The van der Waals surface area contributed by atoms with E-state index >= 15 is 0 Å². The molecule has 2 aromatic rings. The third-order valence-electron chi connectivity index (χ3n) is 4.76. The molecule has 0 amide bonds. The third-order valence-corrected chi connectivity index (χ3v) is 4.76. The fourth-order valence-corrected chi connectivity index (χ4v) is 3.22. The Morgan fingerprint density at radius 2 is 1.32 bits per heavy atom. The van der Waals surface area contributed by atoms with Gasteiger partial charge in [0.2, 0.25) is 0 Å². The molecular formula is C24H24O. The van der Waals surface area contributed by atoms with Crippen molar-refractivity contribution in [3.63, 3.8) is 0 Å². The van der Waals surface area contributed by atoms with Crippen LogP contribution in [0.3, 0.4) is 0 Å². The summed E-state index contributed by atoms with van der Waals surface area (Å²) in [6.07, 6.45) is 16.2. The molecule has 0 unspecified atom stereocenters. The van der Waals surface area contributed by atoms with Crippen molar-refractivity contribution in [2.24, 2.45) is 5.41 Å². The van der Waals surface area contributed by atoms with E-state index in [9.17, 15) is 4.79 Å². The molecule has 1 aliphatic carbocycles. The van der Waals surface area contributed by atoms with Gasteiger partial charge in [0.25, 0.3) is 0 Å². The zero-order chi connectivity index (χ0) is 17.4. The van der Waals surface area contributed by atoms with Crippen molar-refractivity contribution in [3.05, 3.63) is 96.1 Å². The molecule has 2 aromatic carbocycles. The van der Waals surface area contributed by atoms with Crippen LogP contribution in [0.5, 0.6) is 0 Å². The fraction of sp³-hybridized carbons (Fsp3) is 0.208. The molecule has 0 saturated heterocycles. The van der Waals surface area contributed by atoms with Crippen LogP contribution in [-0.4, -0.2) is 5.78 Å². The zero-order valence-corrected chi connectivity index (χ0v) is 14.5. The molecular weight excluding hydrogens is 304 g/mol. The summed E-state index contributed by atoms with van der Waals surface area (Å²) in [5.74, 6) is 0.245. The van der Waals surface area contributed by atoms with Crippen LogP contribution in [0.1, 0.15) is 36.8 Å². The lowest BCUT2D eigenvalue weighted by atomic mass is 9.73. The van der Waals surface area contributed by atoms with Gasteiger partial charge in [-0.25, -0.2) is 0 Å². The number of hydrogen-bond acceptors (Lipinski definition) is 1. The maximum Gasteiger partial charge on any atom is 0.155 e. The van der Waals surface area contributed by atoms with Gasteiger partial charge in [0.05, 0.1) is 0 Å². The van der Waals surface area contributed by atoms with E-state index < -0.39 is 0 Å². The van der Waals surface area contributed by atoms with Crippen molar-refractivity contribution >= 4 is 17.9 Å². The van der Waals surface area contributed by atoms with Crippen molar-refractivity contribution < 1.29 is 4.79 Å². The van der Waals surface area contributed by atoms with Crippen molar-refractivity contribution in [1.29, 1.82) is 0 Å². The molecule has 0 bridgehead atoms. The second-order valence-corrected chi connectivity index (χ2v) is 6.70. The van der Waals surface area contributed by atoms with E-state index in [4.69, 9.17) is 0 Å². The first-order chi connectivity index (χ1) is 12.3. The molecule has 25 heavy (non-hydrogen) atoms. The molecule has 1 aliphatic rings. The first-order valence-electron chi connectivity index (χ1n) is 8.91. The van der Waals surface area contributed by atoms with Gasteiger partial charge in [0.15, 0.2) is 5.78 Å². The molecule has 0 heterocycles. The Kier molecular flexibility index (Phi) is 5.79. The number of benzene rings is 2. The topological polar surface area (TPSA) is 17.1 Å². The third kappa shape index (κ3) is 5.15. The second-order valence-electron chi connectivity index (χ2n) is 6.70.